The number of sulfone groups is 1. The third-order valence-corrected chi connectivity index (χ3v) is 4.80. The van der Waals surface area contributed by atoms with Crippen LogP contribution in [0.1, 0.15) is 38.5 Å². The number of hydrogen-bond donors (Lipinski definition) is 1. The Balaban J connectivity index is 2.28. The van der Waals surface area contributed by atoms with Gasteiger partial charge in [0.1, 0.15) is 9.84 Å². The van der Waals surface area contributed by atoms with E-state index in [1.807, 2.05) is 0 Å². The Morgan fingerprint density at radius 3 is 2.38 bits per heavy atom. The lowest BCUT2D eigenvalue weighted by Gasteiger charge is -2.36. The molecule has 0 saturated heterocycles. The minimum Gasteiger partial charge on any atom is -0.310 e. The minimum absolute atomic E-state index is 0.0668. The van der Waals surface area contributed by atoms with E-state index in [4.69, 9.17) is 11.6 Å². The smallest absolute Gasteiger partial charge is 0.147 e. The van der Waals surface area contributed by atoms with Crippen molar-refractivity contribution in [1.29, 1.82) is 0 Å². The van der Waals surface area contributed by atoms with Gasteiger partial charge in [0.15, 0.2) is 0 Å². The Labute approximate surface area is 104 Å². The van der Waals surface area contributed by atoms with E-state index < -0.39 is 9.84 Å². The molecule has 0 atom stereocenters. The average molecular weight is 268 g/mol. The van der Waals surface area contributed by atoms with E-state index in [0.29, 0.717) is 12.3 Å². The summed E-state index contributed by atoms with van der Waals surface area (Å²) in [6.45, 7) is 0.750. The van der Waals surface area contributed by atoms with E-state index in [-0.39, 0.29) is 11.3 Å². The summed E-state index contributed by atoms with van der Waals surface area (Å²) in [7, 11) is -2.83. The molecule has 1 aliphatic rings. The number of hydrogen-bond acceptors (Lipinski definition) is 3. The molecule has 0 amide bonds. The summed E-state index contributed by atoms with van der Waals surface area (Å²) in [5, 5.41) is 3.46. The van der Waals surface area contributed by atoms with Gasteiger partial charge in [0.05, 0.1) is 5.75 Å². The van der Waals surface area contributed by atoms with E-state index in [1.165, 1.54) is 25.5 Å². The predicted octanol–water partition coefficient (Wildman–Crippen LogP) is 1.95. The van der Waals surface area contributed by atoms with Crippen LogP contribution in [-0.2, 0) is 9.84 Å². The van der Waals surface area contributed by atoms with E-state index in [2.05, 4.69) is 5.32 Å². The van der Waals surface area contributed by atoms with Crippen molar-refractivity contribution < 1.29 is 8.42 Å². The van der Waals surface area contributed by atoms with Gasteiger partial charge < -0.3 is 5.32 Å². The van der Waals surface area contributed by atoms with Crippen molar-refractivity contribution in [2.45, 2.75) is 44.1 Å². The summed E-state index contributed by atoms with van der Waals surface area (Å²) in [6.07, 6.45) is 7.95. The summed E-state index contributed by atoms with van der Waals surface area (Å²) in [5.41, 5.74) is 0.0668. The van der Waals surface area contributed by atoms with Gasteiger partial charge in [-0.05, 0) is 25.8 Å². The first kappa shape index (κ1) is 14.3. The Hall–Kier alpha value is 0.200. The molecule has 0 aromatic rings. The standard InChI is InChI=1S/C11H22ClNO2S/c1-16(14,15)9-5-8-13-11(10-12)6-3-2-4-7-11/h13H,2-10H2,1H3. The molecule has 0 heterocycles. The van der Waals surface area contributed by atoms with Crippen LogP contribution >= 0.6 is 11.6 Å². The molecule has 1 fully saturated rings. The molecule has 1 N–H and O–H groups in total. The van der Waals surface area contributed by atoms with Crippen LogP contribution in [0.15, 0.2) is 0 Å². The molecule has 1 aliphatic carbocycles. The van der Waals surface area contributed by atoms with E-state index in [0.717, 1.165) is 19.4 Å². The SMILES string of the molecule is CS(=O)(=O)CCCNC1(CCl)CCCCC1. The van der Waals surface area contributed by atoms with Crippen LogP contribution in [0.2, 0.25) is 0 Å². The van der Waals surface area contributed by atoms with Gasteiger partial charge >= 0.3 is 0 Å². The zero-order chi connectivity index (χ0) is 12.1. The maximum atomic E-state index is 11.0. The normalized spacial score (nSPS) is 20.9. The van der Waals surface area contributed by atoms with Gasteiger partial charge in [-0.25, -0.2) is 8.42 Å². The highest BCUT2D eigenvalue weighted by molar-refractivity contribution is 7.90. The monoisotopic (exact) mass is 267 g/mol. The summed E-state index contributed by atoms with van der Waals surface area (Å²) in [5.74, 6) is 0.893. The lowest BCUT2D eigenvalue weighted by atomic mass is 9.83. The fraction of sp³-hybridized carbons (Fsp3) is 1.00. The molecule has 1 rings (SSSR count). The summed E-state index contributed by atoms with van der Waals surface area (Å²) >= 11 is 6.03. The predicted molar refractivity (Wildman–Crippen MR) is 68.9 cm³/mol. The Morgan fingerprint density at radius 2 is 1.88 bits per heavy atom. The highest BCUT2D eigenvalue weighted by Gasteiger charge is 2.30. The molecule has 0 aromatic carbocycles. The molecule has 5 heteroatoms. The molecule has 0 spiro atoms. The second-order valence-corrected chi connectivity index (χ2v) is 7.41. The summed E-state index contributed by atoms with van der Waals surface area (Å²) < 4.78 is 22.0. The number of nitrogens with one attached hydrogen (secondary N) is 1. The molecular formula is C11H22ClNO2S. The second kappa shape index (κ2) is 6.22. The molecule has 0 radical (unpaired) electrons. The van der Waals surface area contributed by atoms with Crippen LogP contribution in [0, 0.1) is 0 Å². The van der Waals surface area contributed by atoms with Gasteiger partial charge in [0.2, 0.25) is 0 Å². The van der Waals surface area contributed by atoms with Crippen LogP contribution in [-0.4, -0.2) is 38.4 Å². The number of alkyl halides is 1. The maximum absolute atomic E-state index is 11.0. The van der Waals surface area contributed by atoms with Gasteiger partial charge in [-0.2, -0.15) is 0 Å². The van der Waals surface area contributed by atoms with E-state index in [1.54, 1.807) is 0 Å². The molecule has 0 aromatic heterocycles. The van der Waals surface area contributed by atoms with Crippen molar-refractivity contribution in [2.75, 3.05) is 24.4 Å². The van der Waals surface area contributed by atoms with Crippen molar-refractivity contribution >= 4 is 21.4 Å². The van der Waals surface area contributed by atoms with E-state index >= 15 is 0 Å². The van der Waals surface area contributed by atoms with Crippen molar-refractivity contribution in [1.82, 2.24) is 5.32 Å². The van der Waals surface area contributed by atoms with Gasteiger partial charge in [-0.1, -0.05) is 19.3 Å². The lowest BCUT2D eigenvalue weighted by molar-refractivity contribution is 0.259. The van der Waals surface area contributed by atoms with Gasteiger partial charge in [-0.15, -0.1) is 11.6 Å². The zero-order valence-corrected chi connectivity index (χ0v) is 11.5. The van der Waals surface area contributed by atoms with Crippen molar-refractivity contribution in [3.8, 4) is 0 Å². The fourth-order valence-electron chi connectivity index (χ4n) is 2.27. The average Bonchev–Trinajstić information content (AvgIpc) is 2.25. The lowest BCUT2D eigenvalue weighted by Crippen LogP contribution is -2.49. The molecular weight excluding hydrogens is 246 g/mol. The van der Waals surface area contributed by atoms with Crippen LogP contribution in [0.25, 0.3) is 0 Å². The first-order valence-corrected chi connectivity index (χ1v) is 8.56. The van der Waals surface area contributed by atoms with Crippen LogP contribution < -0.4 is 5.32 Å². The molecule has 96 valence electrons. The first-order chi connectivity index (χ1) is 7.47. The summed E-state index contributed by atoms with van der Waals surface area (Å²) in [6, 6.07) is 0. The van der Waals surface area contributed by atoms with Crippen LogP contribution in [0.5, 0.6) is 0 Å². The van der Waals surface area contributed by atoms with Crippen LogP contribution in [0.3, 0.4) is 0 Å². The molecule has 1 saturated carbocycles. The third kappa shape index (κ3) is 5.02. The minimum atomic E-state index is -2.83. The second-order valence-electron chi connectivity index (χ2n) is 4.88. The van der Waals surface area contributed by atoms with Crippen molar-refractivity contribution in [3.05, 3.63) is 0 Å². The molecule has 0 unspecified atom stereocenters. The fourth-order valence-corrected chi connectivity index (χ4v) is 3.30. The highest BCUT2D eigenvalue weighted by atomic mass is 35.5. The molecule has 16 heavy (non-hydrogen) atoms. The Morgan fingerprint density at radius 1 is 1.25 bits per heavy atom. The van der Waals surface area contributed by atoms with Crippen LogP contribution in [0.4, 0.5) is 0 Å². The van der Waals surface area contributed by atoms with Crippen molar-refractivity contribution in [3.63, 3.8) is 0 Å². The Bertz CT molecular complexity index is 297. The van der Waals surface area contributed by atoms with Crippen molar-refractivity contribution in [2.24, 2.45) is 0 Å². The van der Waals surface area contributed by atoms with Gasteiger partial charge in [-0.3, -0.25) is 0 Å². The highest BCUT2D eigenvalue weighted by Crippen LogP contribution is 2.29. The largest absolute Gasteiger partial charge is 0.310 e. The quantitative estimate of drug-likeness (QED) is 0.591. The molecule has 0 aliphatic heterocycles. The third-order valence-electron chi connectivity index (χ3n) is 3.26. The van der Waals surface area contributed by atoms with Gasteiger partial charge in [0.25, 0.3) is 0 Å². The summed E-state index contributed by atoms with van der Waals surface area (Å²) in [4.78, 5) is 0. The molecule has 3 nitrogen and oxygen atoms in total. The van der Waals surface area contributed by atoms with E-state index in [9.17, 15) is 8.42 Å². The zero-order valence-electron chi connectivity index (χ0n) is 9.97. The number of halogens is 1. The first-order valence-electron chi connectivity index (χ1n) is 5.96. The molecule has 0 bridgehead atoms. The number of rotatable bonds is 6. The van der Waals surface area contributed by atoms with Gasteiger partial charge in [0, 0.05) is 17.7 Å². The topological polar surface area (TPSA) is 46.2 Å². The Kier molecular flexibility index (Phi) is 5.54. The maximum Gasteiger partial charge on any atom is 0.147 e.